The lowest BCUT2D eigenvalue weighted by Gasteiger charge is -2.23. The monoisotopic (exact) mass is 266 g/mol. The van der Waals surface area contributed by atoms with Gasteiger partial charge in [-0.1, -0.05) is 12.1 Å². The van der Waals surface area contributed by atoms with Crippen molar-refractivity contribution in [1.29, 1.82) is 0 Å². The Morgan fingerprint density at radius 2 is 1.89 bits per heavy atom. The number of nitrogens with zero attached hydrogens (tertiary/aromatic N) is 1. The molecule has 1 rings (SSSR count). The van der Waals surface area contributed by atoms with Gasteiger partial charge in [-0.25, -0.2) is 4.39 Å². The molecule has 0 radical (unpaired) electrons. The van der Waals surface area contributed by atoms with Crippen molar-refractivity contribution in [1.82, 2.24) is 10.2 Å². The van der Waals surface area contributed by atoms with Crippen LogP contribution < -0.4 is 5.32 Å². The first kappa shape index (κ1) is 16.1. The van der Waals surface area contributed by atoms with Crippen LogP contribution in [0.1, 0.15) is 45.7 Å². The summed E-state index contributed by atoms with van der Waals surface area (Å²) in [6.45, 7) is 12.0. The van der Waals surface area contributed by atoms with E-state index in [4.69, 9.17) is 0 Å². The molecule has 0 bridgehead atoms. The van der Waals surface area contributed by atoms with Gasteiger partial charge in [0.25, 0.3) is 0 Å². The summed E-state index contributed by atoms with van der Waals surface area (Å²) in [6, 6.07) is 5.80. The Bertz CT molecular complexity index is 408. The van der Waals surface area contributed by atoms with E-state index in [0.717, 1.165) is 17.7 Å². The standard InChI is InChI=1S/C16H27FN2/c1-12(2)19(6)11-14-9-13(7-8-15(14)17)10-18-16(3,4)5/h7-9,12,18H,10-11H2,1-6H3. The predicted octanol–water partition coefficient (Wildman–Crippen LogP) is 3.55. The topological polar surface area (TPSA) is 15.3 Å². The van der Waals surface area contributed by atoms with Crippen molar-refractivity contribution in [3.63, 3.8) is 0 Å². The van der Waals surface area contributed by atoms with Gasteiger partial charge in [-0.05, 0) is 53.3 Å². The number of benzene rings is 1. The van der Waals surface area contributed by atoms with Crippen molar-refractivity contribution in [3.8, 4) is 0 Å². The van der Waals surface area contributed by atoms with Gasteiger partial charge in [0, 0.05) is 30.2 Å². The molecule has 0 heterocycles. The Kier molecular flexibility index (Phi) is 5.50. The van der Waals surface area contributed by atoms with Gasteiger partial charge < -0.3 is 5.32 Å². The van der Waals surface area contributed by atoms with Gasteiger partial charge in [0.05, 0.1) is 0 Å². The minimum atomic E-state index is -0.119. The number of nitrogens with one attached hydrogen (secondary N) is 1. The highest BCUT2D eigenvalue weighted by Gasteiger charge is 2.11. The highest BCUT2D eigenvalue weighted by Crippen LogP contribution is 2.14. The van der Waals surface area contributed by atoms with Crippen molar-refractivity contribution in [3.05, 3.63) is 35.1 Å². The van der Waals surface area contributed by atoms with Crippen LogP contribution in [0, 0.1) is 5.82 Å². The summed E-state index contributed by atoms with van der Waals surface area (Å²) in [5, 5.41) is 3.42. The third-order valence-corrected chi connectivity index (χ3v) is 3.23. The molecule has 0 unspecified atom stereocenters. The van der Waals surface area contributed by atoms with Crippen LogP contribution in [0.2, 0.25) is 0 Å². The molecule has 0 aliphatic carbocycles. The Balaban J connectivity index is 2.77. The maximum Gasteiger partial charge on any atom is 0.127 e. The maximum atomic E-state index is 13.8. The van der Waals surface area contributed by atoms with Gasteiger partial charge in [-0.15, -0.1) is 0 Å². The molecule has 0 atom stereocenters. The first-order valence-electron chi connectivity index (χ1n) is 6.91. The molecule has 0 aliphatic heterocycles. The molecule has 2 nitrogen and oxygen atoms in total. The maximum absolute atomic E-state index is 13.8. The van der Waals surface area contributed by atoms with Crippen LogP contribution in [0.3, 0.4) is 0 Å². The third kappa shape index (κ3) is 5.70. The Morgan fingerprint density at radius 3 is 2.42 bits per heavy atom. The van der Waals surface area contributed by atoms with Crippen molar-refractivity contribution in [2.45, 2.75) is 59.3 Å². The number of hydrogen-bond acceptors (Lipinski definition) is 2. The first-order chi connectivity index (χ1) is 8.69. The Hall–Kier alpha value is -0.930. The van der Waals surface area contributed by atoms with Gasteiger partial charge in [0.15, 0.2) is 0 Å². The summed E-state index contributed by atoms with van der Waals surface area (Å²) in [5.74, 6) is -0.119. The molecule has 0 fully saturated rings. The van der Waals surface area contributed by atoms with Gasteiger partial charge in [0.2, 0.25) is 0 Å². The zero-order valence-corrected chi connectivity index (χ0v) is 13.0. The van der Waals surface area contributed by atoms with Crippen LogP contribution in [0.5, 0.6) is 0 Å². The average molecular weight is 266 g/mol. The number of rotatable bonds is 5. The summed E-state index contributed by atoms with van der Waals surface area (Å²) < 4.78 is 13.8. The van der Waals surface area contributed by atoms with Gasteiger partial charge >= 0.3 is 0 Å². The second-order valence-corrected chi connectivity index (χ2v) is 6.54. The Labute approximate surface area is 117 Å². The molecule has 3 heteroatoms. The highest BCUT2D eigenvalue weighted by molar-refractivity contribution is 5.25. The van der Waals surface area contributed by atoms with E-state index in [9.17, 15) is 4.39 Å². The fourth-order valence-corrected chi connectivity index (χ4v) is 1.68. The van der Waals surface area contributed by atoms with Gasteiger partial charge in [-0.3, -0.25) is 4.90 Å². The Morgan fingerprint density at radius 1 is 1.26 bits per heavy atom. The lowest BCUT2D eigenvalue weighted by molar-refractivity contribution is 0.262. The molecular formula is C16H27FN2. The van der Waals surface area contributed by atoms with Crippen LogP contribution in [0.15, 0.2) is 18.2 Å². The van der Waals surface area contributed by atoms with Crippen LogP contribution in [-0.4, -0.2) is 23.5 Å². The van der Waals surface area contributed by atoms with E-state index < -0.39 is 0 Å². The molecule has 108 valence electrons. The molecule has 1 aromatic carbocycles. The second-order valence-electron chi connectivity index (χ2n) is 6.54. The fourth-order valence-electron chi connectivity index (χ4n) is 1.68. The van der Waals surface area contributed by atoms with E-state index in [0.29, 0.717) is 12.6 Å². The smallest absolute Gasteiger partial charge is 0.127 e. The van der Waals surface area contributed by atoms with Crippen molar-refractivity contribution >= 4 is 0 Å². The lowest BCUT2D eigenvalue weighted by Crippen LogP contribution is -2.35. The van der Waals surface area contributed by atoms with E-state index in [1.54, 1.807) is 6.07 Å². The van der Waals surface area contributed by atoms with E-state index in [-0.39, 0.29) is 11.4 Å². The van der Waals surface area contributed by atoms with E-state index in [2.05, 4.69) is 44.8 Å². The predicted molar refractivity (Wildman–Crippen MR) is 79.6 cm³/mol. The van der Waals surface area contributed by atoms with Crippen LogP contribution >= 0.6 is 0 Å². The van der Waals surface area contributed by atoms with Crippen LogP contribution in [0.4, 0.5) is 4.39 Å². The number of halogens is 1. The largest absolute Gasteiger partial charge is 0.308 e. The van der Waals surface area contributed by atoms with Crippen molar-refractivity contribution < 1.29 is 4.39 Å². The molecule has 0 aromatic heterocycles. The summed E-state index contributed by atoms with van der Waals surface area (Å²) in [7, 11) is 2.02. The van der Waals surface area contributed by atoms with Gasteiger partial charge in [-0.2, -0.15) is 0 Å². The summed E-state index contributed by atoms with van der Waals surface area (Å²) in [5.41, 5.74) is 1.97. The van der Waals surface area contributed by atoms with E-state index >= 15 is 0 Å². The number of hydrogen-bond donors (Lipinski definition) is 1. The lowest BCUT2D eigenvalue weighted by atomic mass is 10.1. The minimum Gasteiger partial charge on any atom is -0.308 e. The molecule has 1 aromatic rings. The molecule has 0 saturated heterocycles. The summed E-state index contributed by atoms with van der Waals surface area (Å²) in [4.78, 5) is 2.14. The van der Waals surface area contributed by atoms with Crippen LogP contribution in [0.25, 0.3) is 0 Å². The summed E-state index contributed by atoms with van der Waals surface area (Å²) >= 11 is 0. The van der Waals surface area contributed by atoms with Crippen molar-refractivity contribution in [2.75, 3.05) is 7.05 Å². The molecule has 0 spiro atoms. The zero-order chi connectivity index (χ0) is 14.6. The van der Waals surface area contributed by atoms with E-state index in [1.807, 2.05) is 19.2 Å². The first-order valence-corrected chi connectivity index (χ1v) is 6.91. The van der Waals surface area contributed by atoms with E-state index in [1.165, 1.54) is 0 Å². The highest BCUT2D eigenvalue weighted by atomic mass is 19.1. The molecule has 0 amide bonds. The fraction of sp³-hybridized carbons (Fsp3) is 0.625. The molecule has 0 saturated carbocycles. The normalized spacial score (nSPS) is 12.5. The molecule has 19 heavy (non-hydrogen) atoms. The zero-order valence-electron chi connectivity index (χ0n) is 13.0. The molecule has 1 N–H and O–H groups in total. The SMILES string of the molecule is CC(C)N(C)Cc1cc(CNC(C)(C)C)ccc1F. The van der Waals surface area contributed by atoms with Crippen LogP contribution in [-0.2, 0) is 13.1 Å². The second kappa shape index (κ2) is 6.49. The minimum absolute atomic E-state index is 0.0727. The van der Waals surface area contributed by atoms with Crippen molar-refractivity contribution in [2.24, 2.45) is 0 Å². The van der Waals surface area contributed by atoms with Gasteiger partial charge in [0.1, 0.15) is 5.82 Å². The summed E-state index contributed by atoms with van der Waals surface area (Å²) in [6.07, 6.45) is 0. The molecular weight excluding hydrogens is 239 g/mol. The average Bonchev–Trinajstić information content (AvgIpc) is 2.28. The molecule has 0 aliphatic rings. The third-order valence-electron chi connectivity index (χ3n) is 3.23. The quantitative estimate of drug-likeness (QED) is 0.876.